The molecule has 0 nitrogen and oxygen atoms in total. The van der Waals surface area contributed by atoms with Gasteiger partial charge in [-0.15, -0.1) is 0 Å². The van der Waals surface area contributed by atoms with E-state index in [1.165, 1.54) is 68.1 Å². The largest absolute Gasteiger partial charge is 0.0884 e. The molecule has 0 heterocycles. The van der Waals surface area contributed by atoms with Crippen LogP contribution in [0.2, 0.25) is 0 Å². The molecule has 1 atom stereocenters. The Kier molecular flexibility index (Phi) is 6.79. The second-order valence-corrected chi connectivity index (χ2v) is 8.24. The molecule has 0 radical (unpaired) electrons. The average molecular weight is 351 g/mol. The van der Waals surface area contributed by atoms with Crippen LogP contribution in [0.5, 0.6) is 0 Å². The van der Waals surface area contributed by atoms with Crippen LogP contribution in [-0.4, -0.2) is 4.83 Å². The fourth-order valence-electron chi connectivity index (χ4n) is 3.65. The van der Waals surface area contributed by atoms with Crippen molar-refractivity contribution >= 4 is 15.9 Å². The second kappa shape index (κ2) is 8.36. The lowest BCUT2D eigenvalue weighted by Gasteiger charge is -2.31. The molecule has 0 spiro atoms. The highest BCUT2D eigenvalue weighted by Crippen LogP contribution is 2.36. The quantitative estimate of drug-likeness (QED) is 0.506. The molecule has 1 fully saturated rings. The van der Waals surface area contributed by atoms with Gasteiger partial charge < -0.3 is 0 Å². The minimum Gasteiger partial charge on any atom is -0.0884 e. The van der Waals surface area contributed by atoms with E-state index in [9.17, 15) is 0 Å². The molecule has 1 saturated carbocycles. The molecular weight excluding hydrogens is 320 g/mol. The van der Waals surface area contributed by atoms with Crippen LogP contribution in [0.4, 0.5) is 0 Å². The molecule has 0 amide bonds. The molecule has 0 bridgehead atoms. The molecular formula is C20H31Br. The van der Waals surface area contributed by atoms with Crippen LogP contribution < -0.4 is 0 Å². The molecule has 0 N–H and O–H groups in total. The third-order valence-electron chi connectivity index (χ3n) is 5.37. The predicted molar refractivity (Wildman–Crippen MR) is 97.3 cm³/mol. The van der Waals surface area contributed by atoms with Gasteiger partial charge in [0.25, 0.3) is 0 Å². The van der Waals surface area contributed by atoms with Crippen molar-refractivity contribution in [2.45, 2.75) is 77.0 Å². The van der Waals surface area contributed by atoms with Crippen molar-refractivity contribution in [2.75, 3.05) is 0 Å². The molecule has 0 aromatic heterocycles. The lowest BCUT2D eigenvalue weighted by Crippen LogP contribution is -2.23. The summed E-state index contributed by atoms with van der Waals surface area (Å²) in [6.07, 6.45) is 11.2. The molecule has 0 saturated heterocycles. The molecule has 1 aliphatic carbocycles. The van der Waals surface area contributed by atoms with Crippen LogP contribution in [0.1, 0.15) is 68.6 Å². The monoisotopic (exact) mass is 350 g/mol. The van der Waals surface area contributed by atoms with Crippen LogP contribution >= 0.6 is 15.9 Å². The average Bonchev–Trinajstić information content (AvgIpc) is 2.49. The van der Waals surface area contributed by atoms with Gasteiger partial charge in [0.1, 0.15) is 0 Å². The molecule has 2 rings (SSSR count). The second-order valence-electron chi connectivity index (χ2n) is 7.06. The Morgan fingerprint density at radius 3 is 2.43 bits per heavy atom. The molecule has 118 valence electrons. The molecule has 1 unspecified atom stereocenters. The summed E-state index contributed by atoms with van der Waals surface area (Å²) in [4.78, 5) is 0.659. The van der Waals surface area contributed by atoms with Crippen LogP contribution in [0, 0.1) is 25.7 Å². The summed E-state index contributed by atoms with van der Waals surface area (Å²) in [6.45, 7) is 6.73. The number of hydrogen-bond acceptors (Lipinski definition) is 0. The van der Waals surface area contributed by atoms with Crippen molar-refractivity contribution in [1.29, 1.82) is 0 Å². The normalized spacial score (nSPS) is 24.0. The van der Waals surface area contributed by atoms with E-state index in [4.69, 9.17) is 0 Å². The standard InChI is InChI=1S/C20H31Br/c1-4-5-6-17-9-11-19(12-10-17)20(21)14-18-8-7-15(2)16(3)13-18/h7-8,13,17,19-20H,4-6,9-12,14H2,1-3H3. The molecule has 1 aromatic carbocycles. The first-order chi connectivity index (χ1) is 10.1. The van der Waals surface area contributed by atoms with Gasteiger partial charge >= 0.3 is 0 Å². The lowest BCUT2D eigenvalue weighted by molar-refractivity contribution is 0.256. The van der Waals surface area contributed by atoms with Crippen LogP contribution in [0.3, 0.4) is 0 Å². The van der Waals surface area contributed by atoms with Gasteiger partial charge in [0.15, 0.2) is 0 Å². The Morgan fingerprint density at radius 2 is 1.81 bits per heavy atom. The van der Waals surface area contributed by atoms with Crippen molar-refractivity contribution in [3.05, 3.63) is 34.9 Å². The van der Waals surface area contributed by atoms with Crippen LogP contribution in [0.25, 0.3) is 0 Å². The number of aryl methyl sites for hydroxylation is 2. The topological polar surface area (TPSA) is 0 Å². The van der Waals surface area contributed by atoms with E-state index >= 15 is 0 Å². The van der Waals surface area contributed by atoms with E-state index < -0.39 is 0 Å². The van der Waals surface area contributed by atoms with Gasteiger partial charge in [0.05, 0.1) is 0 Å². The van der Waals surface area contributed by atoms with Crippen LogP contribution in [0.15, 0.2) is 18.2 Å². The first-order valence-electron chi connectivity index (χ1n) is 8.80. The summed E-state index contributed by atoms with van der Waals surface area (Å²) in [5, 5.41) is 0. The van der Waals surface area contributed by atoms with Crippen molar-refractivity contribution in [1.82, 2.24) is 0 Å². The van der Waals surface area contributed by atoms with E-state index in [0.717, 1.165) is 11.8 Å². The number of rotatable bonds is 6. The number of benzene rings is 1. The van der Waals surface area contributed by atoms with Gasteiger partial charge in [0, 0.05) is 4.83 Å². The van der Waals surface area contributed by atoms with Crippen molar-refractivity contribution in [3.8, 4) is 0 Å². The van der Waals surface area contributed by atoms with Crippen LogP contribution in [-0.2, 0) is 6.42 Å². The Bertz CT molecular complexity index is 429. The summed E-state index contributed by atoms with van der Waals surface area (Å²) < 4.78 is 0. The first-order valence-corrected chi connectivity index (χ1v) is 9.72. The van der Waals surface area contributed by atoms with Gasteiger partial charge in [-0.2, -0.15) is 0 Å². The maximum absolute atomic E-state index is 3.99. The molecule has 1 aromatic rings. The fourth-order valence-corrected chi connectivity index (χ4v) is 4.56. The van der Waals surface area contributed by atoms with E-state index in [1.807, 2.05) is 0 Å². The predicted octanol–water partition coefficient (Wildman–Crippen LogP) is 6.61. The van der Waals surface area contributed by atoms with Gasteiger partial charge in [-0.1, -0.05) is 73.2 Å². The van der Waals surface area contributed by atoms with Gasteiger partial charge in [-0.3, -0.25) is 0 Å². The Labute approximate surface area is 139 Å². The maximum atomic E-state index is 3.99. The summed E-state index contributed by atoms with van der Waals surface area (Å²) in [5.74, 6) is 1.90. The van der Waals surface area contributed by atoms with E-state index in [-0.39, 0.29) is 0 Å². The Morgan fingerprint density at radius 1 is 1.10 bits per heavy atom. The van der Waals surface area contributed by atoms with Gasteiger partial charge in [0.2, 0.25) is 0 Å². The number of hydrogen-bond donors (Lipinski definition) is 0. The minimum atomic E-state index is 0.659. The van der Waals surface area contributed by atoms with E-state index in [1.54, 1.807) is 0 Å². The zero-order valence-corrected chi connectivity index (χ0v) is 15.6. The maximum Gasteiger partial charge on any atom is 0.0214 e. The van der Waals surface area contributed by atoms with E-state index in [0.29, 0.717) is 4.83 Å². The zero-order chi connectivity index (χ0) is 15.2. The van der Waals surface area contributed by atoms with E-state index in [2.05, 4.69) is 54.9 Å². The Hall–Kier alpha value is -0.300. The Balaban J connectivity index is 1.81. The molecule has 1 aliphatic rings. The highest BCUT2D eigenvalue weighted by molar-refractivity contribution is 9.09. The lowest BCUT2D eigenvalue weighted by atomic mass is 9.77. The summed E-state index contributed by atoms with van der Waals surface area (Å²) in [5.41, 5.74) is 4.32. The fraction of sp³-hybridized carbons (Fsp3) is 0.700. The van der Waals surface area contributed by atoms with Crippen molar-refractivity contribution in [2.24, 2.45) is 11.8 Å². The minimum absolute atomic E-state index is 0.659. The number of halogens is 1. The van der Waals surface area contributed by atoms with Crippen molar-refractivity contribution in [3.63, 3.8) is 0 Å². The van der Waals surface area contributed by atoms with Gasteiger partial charge in [-0.05, 0) is 61.6 Å². The molecule has 0 aliphatic heterocycles. The number of alkyl halides is 1. The molecule has 1 heteroatoms. The smallest absolute Gasteiger partial charge is 0.0214 e. The first kappa shape index (κ1) is 17.1. The third-order valence-corrected chi connectivity index (χ3v) is 6.44. The highest BCUT2D eigenvalue weighted by atomic mass is 79.9. The zero-order valence-electron chi connectivity index (χ0n) is 14.0. The SMILES string of the molecule is CCCCC1CCC(C(Br)Cc2ccc(C)c(C)c2)CC1. The third kappa shape index (κ3) is 5.13. The number of unbranched alkanes of at least 4 members (excludes halogenated alkanes) is 1. The highest BCUT2D eigenvalue weighted by Gasteiger charge is 2.26. The summed E-state index contributed by atoms with van der Waals surface area (Å²) >= 11 is 3.99. The van der Waals surface area contributed by atoms with Gasteiger partial charge in [-0.25, -0.2) is 0 Å². The summed E-state index contributed by atoms with van der Waals surface area (Å²) in [6, 6.07) is 6.95. The summed E-state index contributed by atoms with van der Waals surface area (Å²) in [7, 11) is 0. The molecule has 21 heavy (non-hydrogen) atoms. The van der Waals surface area contributed by atoms with Crippen molar-refractivity contribution < 1.29 is 0 Å².